The Labute approximate surface area is 102 Å². The molecule has 0 saturated carbocycles. The molecular weight excluding hydrogens is 222 g/mol. The minimum absolute atomic E-state index is 0.189. The molecule has 0 heterocycles. The van der Waals surface area contributed by atoms with Crippen LogP contribution in [-0.4, -0.2) is 25.2 Å². The number of ether oxygens (including phenoxy) is 2. The molecule has 0 fully saturated rings. The highest BCUT2D eigenvalue weighted by Crippen LogP contribution is 2.30. The third-order valence-electron chi connectivity index (χ3n) is 2.31. The third kappa shape index (κ3) is 4.43. The van der Waals surface area contributed by atoms with Crippen molar-refractivity contribution in [1.29, 1.82) is 5.26 Å². The summed E-state index contributed by atoms with van der Waals surface area (Å²) in [6.45, 7) is 5.60. The van der Waals surface area contributed by atoms with Crippen LogP contribution in [0, 0.1) is 16.7 Å². The molecule has 96 valence electrons. The SMILES string of the molecule is CCCC(C#N)(CC(=O)OCC)C(=O)OCC. The van der Waals surface area contributed by atoms with Gasteiger partial charge in [0.1, 0.15) is 0 Å². The Morgan fingerprint density at radius 2 is 1.76 bits per heavy atom. The highest BCUT2D eigenvalue weighted by atomic mass is 16.5. The summed E-state index contributed by atoms with van der Waals surface area (Å²) in [7, 11) is 0. The van der Waals surface area contributed by atoms with E-state index in [9.17, 15) is 9.59 Å². The second-order valence-corrected chi connectivity index (χ2v) is 3.65. The van der Waals surface area contributed by atoms with Crippen LogP contribution in [0.25, 0.3) is 0 Å². The molecule has 0 rings (SSSR count). The van der Waals surface area contributed by atoms with Crippen molar-refractivity contribution in [2.24, 2.45) is 5.41 Å². The van der Waals surface area contributed by atoms with Gasteiger partial charge in [0.05, 0.1) is 25.7 Å². The van der Waals surface area contributed by atoms with E-state index in [2.05, 4.69) is 0 Å². The average molecular weight is 241 g/mol. The quantitative estimate of drug-likeness (QED) is 0.635. The van der Waals surface area contributed by atoms with Gasteiger partial charge in [0, 0.05) is 0 Å². The molecule has 0 aliphatic heterocycles. The van der Waals surface area contributed by atoms with Crippen molar-refractivity contribution in [3.8, 4) is 6.07 Å². The first-order valence-electron chi connectivity index (χ1n) is 5.80. The number of hydrogen-bond acceptors (Lipinski definition) is 5. The Morgan fingerprint density at radius 3 is 2.18 bits per heavy atom. The van der Waals surface area contributed by atoms with Gasteiger partial charge in [-0.25, -0.2) is 0 Å². The molecule has 5 heteroatoms. The molecule has 1 atom stereocenters. The van der Waals surface area contributed by atoms with Crippen LogP contribution in [0.3, 0.4) is 0 Å². The molecule has 0 bridgehead atoms. The minimum Gasteiger partial charge on any atom is -0.466 e. The second kappa shape index (κ2) is 7.66. The third-order valence-corrected chi connectivity index (χ3v) is 2.31. The van der Waals surface area contributed by atoms with Crippen molar-refractivity contribution in [3.05, 3.63) is 0 Å². The van der Waals surface area contributed by atoms with E-state index in [4.69, 9.17) is 14.7 Å². The maximum Gasteiger partial charge on any atom is 0.327 e. The van der Waals surface area contributed by atoms with E-state index in [1.807, 2.05) is 13.0 Å². The fourth-order valence-corrected chi connectivity index (χ4v) is 1.56. The van der Waals surface area contributed by atoms with Gasteiger partial charge in [-0.15, -0.1) is 0 Å². The van der Waals surface area contributed by atoms with Gasteiger partial charge >= 0.3 is 11.9 Å². The lowest BCUT2D eigenvalue weighted by molar-refractivity contribution is -0.159. The fourth-order valence-electron chi connectivity index (χ4n) is 1.56. The molecule has 0 spiro atoms. The number of carbonyl (C=O) groups is 2. The molecule has 1 unspecified atom stereocenters. The summed E-state index contributed by atoms with van der Waals surface area (Å²) in [6.07, 6.45) is 0.664. The van der Waals surface area contributed by atoms with E-state index in [-0.39, 0.29) is 19.6 Å². The Hall–Kier alpha value is -1.57. The van der Waals surface area contributed by atoms with E-state index in [0.29, 0.717) is 12.8 Å². The number of esters is 2. The number of rotatable bonds is 7. The summed E-state index contributed by atoms with van der Waals surface area (Å²) < 4.78 is 9.64. The summed E-state index contributed by atoms with van der Waals surface area (Å²) in [5.41, 5.74) is -1.41. The van der Waals surface area contributed by atoms with Crippen LogP contribution in [0.15, 0.2) is 0 Å². The number of nitriles is 1. The largest absolute Gasteiger partial charge is 0.466 e. The van der Waals surface area contributed by atoms with Gasteiger partial charge < -0.3 is 9.47 Å². The van der Waals surface area contributed by atoms with Gasteiger partial charge in [0.2, 0.25) is 0 Å². The second-order valence-electron chi connectivity index (χ2n) is 3.65. The van der Waals surface area contributed by atoms with Crippen LogP contribution >= 0.6 is 0 Å². The maximum absolute atomic E-state index is 11.8. The monoisotopic (exact) mass is 241 g/mol. The normalized spacial score (nSPS) is 13.3. The van der Waals surface area contributed by atoms with E-state index in [0.717, 1.165) is 0 Å². The summed E-state index contributed by atoms with van der Waals surface area (Å²) in [4.78, 5) is 23.2. The van der Waals surface area contributed by atoms with Gasteiger partial charge in [-0.05, 0) is 20.3 Å². The topological polar surface area (TPSA) is 76.4 Å². The lowest BCUT2D eigenvalue weighted by Crippen LogP contribution is -2.34. The van der Waals surface area contributed by atoms with Gasteiger partial charge in [0.15, 0.2) is 5.41 Å². The highest BCUT2D eigenvalue weighted by Gasteiger charge is 2.42. The zero-order chi connectivity index (χ0) is 13.3. The van der Waals surface area contributed by atoms with Gasteiger partial charge in [-0.3, -0.25) is 9.59 Å². The summed E-state index contributed by atoms with van der Waals surface area (Å²) >= 11 is 0. The van der Waals surface area contributed by atoms with Crippen molar-refractivity contribution in [2.75, 3.05) is 13.2 Å². The van der Waals surface area contributed by atoms with Gasteiger partial charge in [0.25, 0.3) is 0 Å². The predicted molar refractivity (Wildman–Crippen MR) is 60.8 cm³/mol. The predicted octanol–water partition coefficient (Wildman–Crippen LogP) is 1.81. The van der Waals surface area contributed by atoms with Crippen LogP contribution in [0.1, 0.15) is 40.0 Å². The Bertz CT molecular complexity index is 308. The van der Waals surface area contributed by atoms with Crippen molar-refractivity contribution in [3.63, 3.8) is 0 Å². The van der Waals surface area contributed by atoms with E-state index in [1.54, 1.807) is 13.8 Å². The molecular formula is C12H19NO4. The molecule has 0 amide bonds. The Kier molecular flexibility index (Phi) is 6.95. The number of nitrogens with zero attached hydrogens (tertiary/aromatic N) is 1. The fraction of sp³-hybridized carbons (Fsp3) is 0.750. The van der Waals surface area contributed by atoms with Crippen molar-refractivity contribution < 1.29 is 19.1 Å². The van der Waals surface area contributed by atoms with Crippen molar-refractivity contribution in [1.82, 2.24) is 0 Å². The molecule has 0 radical (unpaired) electrons. The zero-order valence-corrected chi connectivity index (χ0v) is 10.6. The summed E-state index contributed by atoms with van der Waals surface area (Å²) in [5, 5.41) is 9.16. The van der Waals surface area contributed by atoms with E-state index >= 15 is 0 Å². The van der Waals surface area contributed by atoms with E-state index < -0.39 is 17.4 Å². The molecule has 0 N–H and O–H groups in total. The lowest BCUT2D eigenvalue weighted by atomic mass is 9.81. The first-order chi connectivity index (χ1) is 8.06. The summed E-state index contributed by atoms with van der Waals surface area (Å²) in [6, 6.07) is 1.92. The molecule has 0 saturated heterocycles. The standard InChI is InChI=1S/C12H19NO4/c1-4-7-12(9-13,11(15)17-6-3)8-10(14)16-5-2/h4-8H2,1-3H3. The van der Waals surface area contributed by atoms with Crippen molar-refractivity contribution >= 4 is 11.9 Å². The Balaban J connectivity index is 4.89. The Morgan fingerprint density at radius 1 is 1.18 bits per heavy atom. The van der Waals surface area contributed by atoms with Crippen molar-refractivity contribution in [2.45, 2.75) is 40.0 Å². The molecule has 17 heavy (non-hydrogen) atoms. The maximum atomic E-state index is 11.8. The molecule has 0 aromatic rings. The number of carbonyl (C=O) groups excluding carboxylic acids is 2. The van der Waals surface area contributed by atoms with E-state index in [1.165, 1.54) is 0 Å². The first-order valence-corrected chi connectivity index (χ1v) is 5.80. The molecule has 5 nitrogen and oxygen atoms in total. The molecule has 0 aliphatic carbocycles. The van der Waals surface area contributed by atoms with Crippen LogP contribution in [0.4, 0.5) is 0 Å². The minimum atomic E-state index is -1.41. The van der Waals surface area contributed by atoms with Crippen LogP contribution in [-0.2, 0) is 19.1 Å². The summed E-state index contributed by atoms with van der Waals surface area (Å²) in [5.74, 6) is -1.19. The smallest absolute Gasteiger partial charge is 0.327 e. The van der Waals surface area contributed by atoms with Gasteiger partial charge in [-0.1, -0.05) is 13.3 Å². The van der Waals surface area contributed by atoms with Gasteiger partial charge in [-0.2, -0.15) is 5.26 Å². The van der Waals surface area contributed by atoms with Crippen LogP contribution in [0.5, 0.6) is 0 Å². The first kappa shape index (κ1) is 15.4. The van der Waals surface area contributed by atoms with Crippen LogP contribution < -0.4 is 0 Å². The number of hydrogen-bond donors (Lipinski definition) is 0. The molecule has 0 aromatic carbocycles. The molecule has 0 aliphatic rings. The molecule has 0 aromatic heterocycles. The highest BCUT2D eigenvalue weighted by molar-refractivity contribution is 5.86. The lowest BCUT2D eigenvalue weighted by Gasteiger charge is -2.22. The van der Waals surface area contributed by atoms with Crippen LogP contribution in [0.2, 0.25) is 0 Å². The zero-order valence-electron chi connectivity index (χ0n) is 10.6. The average Bonchev–Trinajstić information content (AvgIpc) is 2.29.